The summed E-state index contributed by atoms with van der Waals surface area (Å²) in [7, 11) is 1.20. The van der Waals surface area contributed by atoms with Crippen LogP contribution < -0.4 is 5.32 Å². The third kappa shape index (κ3) is 5.28. The molecule has 1 rings (SSSR count). The molecule has 21 heavy (non-hydrogen) atoms. The number of hydrogen-bond acceptors (Lipinski definition) is 3. The van der Waals surface area contributed by atoms with Crippen molar-refractivity contribution in [3.8, 4) is 0 Å². The topological polar surface area (TPSA) is 63.2 Å². The van der Waals surface area contributed by atoms with E-state index in [1.165, 1.54) is 0 Å². The van der Waals surface area contributed by atoms with Gasteiger partial charge in [0.1, 0.15) is 5.82 Å². The maximum Gasteiger partial charge on any atom is 0.261 e. The van der Waals surface area contributed by atoms with Crippen molar-refractivity contribution in [2.24, 2.45) is 5.92 Å². The minimum atomic E-state index is -4.00. The van der Waals surface area contributed by atoms with Crippen LogP contribution in [0.3, 0.4) is 0 Å². The lowest BCUT2D eigenvalue weighted by molar-refractivity contribution is 0.0931. The van der Waals surface area contributed by atoms with E-state index < -0.39 is 20.8 Å². The van der Waals surface area contributed by atoms with Crippen LogP contribution in [-0.2, 0) is 9.05 Å². The van der Waals surface area contributed by atoms with Gasteiger partial charge in [0.15, 0.2) is 0 Å². The van der Waals surface area contributed by atoms with Crippen molar-refractivity contribution in [3.63, 3.8) is 0 Å². The first-order chi connectivity index (χ1) is 9.65. The number of benzene rings is 1. The van der Waals surface area contributed by atoms with Crippen molar-refractivity contribution >= 4 is 25.6 Å². The second-order valence-corrected chi connectivity index (χ2v) is 7.77. The molecule has 2 atom stereocenters. The van der Waals surface area contributed by atoms with Gasteiger partial charge in [-0.1, -0.05) is 20.3 Å². The van der Waals surface area contributed by atoms with Gasteiger partial charge in [0.25, 0.3) is 15.0 Å². The molecule has 0 aliphatic heterocycles. The zero-order chi connectivity index (χ0) is 16.2. The Kier molecular flexibility index (Phi) is 6.16. The quantitative estimate of drug-likeness (QED) is 0.811. The van der Waals surface area contributed by atoms with Gasteiger partial charge < -0.3 is 5.32 Å². The van der Waals surface area contributed by atoms with E-state index in [-0.39, 0.29) is 16.5 Å². The van der Waals surface area contributed by atoms with Gasteiger partial charge in [-0.3, -0.25) is 4.79 Å². The average Bonchev–Trinajstić information content (AvgIpc) is 2.37. The summed E-state index contributed by atoms with van der Waals surface area (Å²) in [5.74, 6) is -1.00. The van der Waals surface area contributed by atoms with Crippen LogP contribution in [0.5, 0.6) is 0 Å². The average molecular weight is 336 g/mol. The first kappa shape index (κ1) is 17.9. The van der Waals surface area contributed by atoms with Crippen LogP contribution in [-0.4, -0.2) is 20.4 Å². The summed E-state index contributed by atoms with van der Waals surface area (Å²) in [6, 6.07) is 2.76. The maximum absolute atomic E-state index is 13.7. The van der Waals surface area contributed by atoms with Crippen LogP contribution in [0.1, 0.15) is 44.0 Å². The van der Waals surface area contributed by atoms with E-state index in [9.17, 15) is 17.6 Å². The van der Waals surface area contributed by atoms with Crippen LogP contribution in [0.15, 0.2) is 23.1 Å². The third-order valence-corrected chi connectivity index (χ3v) is 4.65. The monoisotopic (exact) mass is 335 g/mol. The molecule has 0 aromatic heterocycles. The maximum atomic E-state index is 13.7. The standard InChI is InChI=1S/C14H19ClFNO3S/c1-4-9(2)7-10(3)17-14(18)12-8-11(21(15,19)20)5-6-13(12)16/h5-6,8-10H,4,7H2,1-3H3,(H,17,18). The van der Waals surface area contributed by atoms with Crippen LogP contribution in [0.4, 0.5) is 4.39 Å². The van der Waals surface area contributed by atoms with Gasteiger partial charge in [-0.2, -0.15) is 0 Å². The normalized spacial score (nSPS) is 14.5. The Hall–Kier alpha value is -1.14. The molecule has 0 bridgehead atoms. The molecule has 1 aromatic rings. The molecule has 1 N–H and O–H groups in total. The predicted molar refractivity (Wildman–Crippen MR) is 80.4 cm³/mol. The molecule has 0 saturated carbocycles. The number of amides is 1. The van der Waals surface area contributed by atoms with Gasteiger partial charge in [0.2, 0.25) is 0 Å². The van der Waals surface area contributed by atoms with Gasteiger partial charge in [0, 0.05) is 16.7 Å². The Bertz CT molecular complexity index is 619. The Morgan fingerprint density at radius 1 is 1.38 bits per heavy atom. The van der Waals surface area contributed by atoms with Crippen LogP contribution in [0, 0.1) is 11.7 Å². The van der Waals surface area contributed by atoms with Crippen molar-refractivity contribution in [1.29, 1.82) is 0 Å². The van der Waals surface area contributed by atoms with Gasteiger partial charge in [-0.15, -0.1) is 0 Å². The zero-order valence-electron chi connectivity index (χ0n) is 12.2. The highest BCUT2D eigenvalue weighted by Crippen LogP contribution is 2.19. The summed E-state index contributed by atoms with van der Waals surface area (Å²) in [4.78, 5) is 11.7. The molecule has 0 heterocycles. The van der Waals surface area contributed by atoms with Crippen molar-refractivity contribution < 1.29 is 17.6 Å². The van der Waals surface area contributed by atoms with Gasteiger partial charge in [0.05, 0.1) is 10.5 Å². The van der Waals surface area contributed by atoms with E-state index in [2.05, 4.69) is 12.2 Å². The lowest BCUT2D eigenvalue weighted by Gasteiger charge is -2.17. The van der Waals surface area contributed by atoms with Gasteiger partial charge in [-0.05, 0) is 37.5 Å². The molecule has 2 unspecified atom stereocenters. The minimum Gasteiger partial charge on any atom is -0.349 e. The number of carbonyl (C=O) groups is 1. The summed E-state index contributed by atoms with van der Waals surface area (Å²) < 4.78 is 36.2. The molecule has 0 aliphatic rings. The van der Waals surface area contributed by atoms with E-state index >= 15 is 0 Å². The molecule has 0 spiro atoms. The lowest BCUT2D eigenvalue weighted by atomic mass is 10.00. The van der Waals surface area contributed by atoms with E-state index in [4.69, 9.17) is 10.7 Å². The summed E-state index contributed by atoms with van der Waals surface area (Å²) in [5, 5.41) is 2.66. The number of nitrogens with one attached hydrogen (secondary N) is 1. The highest BCUT2D eigenvalue weighted by molar-refractivity contribution is 8.13. The smallest absolute Gasteiger partial charge is 0.261 e. The molecule has 118 valence electrons. The molecule has 4 nitrogen and oxygen atoms in total. The molecule has 1 aromatic carbocycles. The largest absolute Gasteiger partial charge is 0.349 e. The first-order valence-electron chi connectivity index (χ1n) is 6.70. The first-order valence-corrected chi connectivity index (χ1v) is 9.01. The number of halogens is 2. The third-order valence-electron chi connectivity index (χ3n) is 3.29. The van der Waals surface area contributed by atoms with Gasteiger partial charge >= 0.3 is 0 Å². The molecule has 1 amide bonds. The van der Waals surface area contributed by atoms with E-state index in [1.807, 2.05) is 13.8 Å². The Labute approximate surface area is 129 Å². The van der Waals surface area contributed by atoms with Crippen molar-refractivity contribution in [3.05, 3.63) is 29.6 Å². The minimum absolute atomic E-state index is 0.136. The van der Waals surface area contributed by atoms with E-state index in [1.54, 1.807) is 0 Å². The second kappa shape index (κ2) is 7.22. The summed E-state index contributed by atoms with van der Waals surface area (Å²) in [5.41, 5.74) is -0.326. The van der Waals surface area contributed by atoms with Gasteiger partial charge in [-0.25, -0.2) is 12.8 Å². The highest BCUT2D eigenvalue weighted by Gasteiger charge is 2.19. The molecule has 0 fully saturated rings. The number of hydrogen-bond donors (Lipinski definition) is 1. The van der Waals surface area contributed by atoms with Crippen LogP contribution in [0.2, 0.25) is 0 Å². The highest BCUT2D eigenvalue weighted by atomic mass is 35.7. The van der Waals surface area contributed by atoms with Crippen molar-refractivity contribution in [1.82, 2.24) is 5.32 Å². The summed E-state index contributed by atoms with van der Waals surface area (Å²) >= 11 is 0. The molecule has 0 radical (unpaired) electrons. The Morgan fingerprint density at radius 3 is 2.52 bits per heavy atom. The van der Waals surface area contributed by atoms with Crippen LogP contribution >= 0.6 is 10.7 Å². The van der Waals surface area contributed by atoms with E-state index in [0.717, 1.165) is 31.0 Å². The fourth-order valence-electron chi connectivity index (χ4n) is 1.96. The fourth-order valence-corrected chi connectivity index (χ4v) is 2.74. The van der Waals surface area contributed by atoms with E-state index in [0.29, 0.717) is 5.92 Å². The predicted octanol–water partition coefficient (Wildman–Crippen LogP) is 3.31. The second-order valence-electron chi connectivity index (χ2n) is 5.20. The fraction of sp³-hybridized carbons (Fsp3) is 0.500. The summed E-state index contributed by atoms with van der Waals surface area (Å²) in [6.07, 6.45) is 1.74. The molecule has 0 saturated heterocycles. The van der Waals surface area contributed by atoms with Crippen molar-refractivity contribution in [2.75, 3.05) is 0 Å². The SMILES string of the molecule is CCC(C)CC(C)NC(=O)c1cc(S(=O)(=O)Cl)ccc1F. The Morgan fingerprint density at radius 2 is 2.00 bits per heavy atom. The van der Waals surface area contributed by atoms with Crippen molar-refractivity contribution in [2.45, 2.75) is 44.6 Å². The molecule has 0 aliphatic carbocycles. The molecular formula is C14H19ClFNO3S. The van der Waals surface area contributed by atoms with Crippen LogP contribution in [0.25, 0.3) is 0 Å². The Balaban J connectivity index is 2.92. The summed E-state index contributed by atoms with van der Waals surface area (Å²) in [6.45, 7) is 5.93. The molecule has 7 heteroatoms. The lowest BCUT2D eigenvalue weighted by Crippen LogP contribution is -2.34. The zero-order valence-corrected chi connectivity index (χ0v) is 13.8. The molecular weight excluding hydrogens is 317 g/mol. The number of rotatable bonds is 6. The number of carbonyl (C=O) groups excluding carboxylic acids is 1.